The number of benzene rings is 1. The Kier molecular flexibility index (Phi) is 4.10. The molecule has 0 fully saturated rings. The Bertz CT molecular complexity index is 677. The number of sulfone groups is 1. The van der Waals surface area contributed by atoms with E-state index in [2.05, 4.69) is 4.98 Å². The highest BCUT2D eigenvalue weighted by Gasteiger charge is 2.22. The maximum Gasteiger partial charge on any atom is 0.180 e. The van der Waals surface area contributed by atoms with Crippen molar-refractivity contribution in [3.63, 3.8) is 0 Å². The highest BCUT2D eigenvalue weighted by Crippen LogP contribution is 2.18. The molecule has 0 aliphatic heterocycles. The number of aryl methyl sites for hydroxylation is 1. The summed E-state index contributed by atoms with van der Waals surface area (Å²) in [4.78, 5) is 4.24. The largest absolute Gasteiger partial charge is 0.399 e. The van der Waals surface area contributed by atoms with Gasteiger partial charge in [0.2, 0.25) is 0 Å². The first-order valence-corrected chi connectivity index (χ1v) is 7.77. The van der Waals surface area contributed by atoms with E-state index in [-0.39, 0.29) is 17.3 Å². The summed E-state index contributed by atoms with van der Waals surface area (Å²) in [6.07, 6.45) is 3.23. The Morgan fingerprint density at radius 2 is 2.00 bits per heavy atom. The molecule has 0 spiro atoms. The van der Waals surface area contributed by atoms with Gasteiger partial charge < -0.3 is 15.4 Å². The summed E-state index contributed by atoms with van der Waals surface area (Å²) in [6, 6.07) is 5.47. The van der Waals surface area contributed by atoms with Gasteiger partial charge in [-0.05, 0) is 31.2 Å². The van der Waals surface area contributed by atoms with E-state index in [1.807, 2.05) is 0 Å². The van der Waals surface area contributed by atoms with E-state index >= 15 is 0 Å². The minimum atomic E-state index is -3.49. The third kappa shape index (κ3) is 3.17. The summed E-state index contributed by atoms with van der Waals surface area (Å²) in [5.41, 5.74) is 6.82. The van der Waals surface area contributed by atoms with Gasteiger partial charge in [-0.1, -0.05) is 0 Å². The number of imidazole rings is 1. The Morgan fingerprint density at radius 1 is 1.35 bits per heavy atom. The maximum atomic E-state index is 12.3. The van der Waals surface area contributed by atoms with Gasteiger partial charge in [-0.2, -0.15) is 0 Å². The van der Waals surface area contributed by atoms with Gasteiger partial charge in [0.15, 0.2) is 9.84 Å². The lowest BCUT2D eigenvalue weighted by molar-refractivity contribution is 0.239. The van der Waals surface area contributed by atoms with Crippen molar-refractivity contribution in [1.29, 1.82) is 0 Å². The van der Waals surface area contributed by atoms with Gasteiger partial charge in [0.05, 0.1) is 35.3 Å². The van der Waals surface area contributed by atoms with Crippen molar-refractivity contribution in [1.82, 2.24) is 9.55 Å². The molecule has 0 saturated carbocycles. The van der Waals surface area contributed by atoms with Crippen LogP contribution in [-0.2, 0) is 9.84 Å². The van der Waals surface area contributed by atoms with Gasteiger partial charge in [-0.15, -0.1) is 0 Å². The van der Waals surface area contributed by atoms with E-state index in [9.17, 15) is 13.5 Å². The van der Waals surface area contributed by atoms with Gasteiger partial charge in [0.25, 0.3) is 0 Å². The smallest absolute Gasteiger partial charge is 0.180 e. The summed E-state index contributed by atoms with van der Waals surface area (Å²) in [6.45, 7) is 1.53. The second-order valence-corrected chi connectivity index (χ2v) is 6.68. The van der Waals surface area contributed by atoms with Crippen LogP contribution in [0.2, 0.25) is 0 Å². The third-order valence-electron chi connectivity index (χ3n) is 3.01. The minimum absolute atomic E-state index is 0.191. The van der Waals surface area contributed by atoms with Crippen LogP contribution in [-0.4, -0.2) is 35.4 Å². The molecule has 20 heavy (non-hydrogen) atoms. The fraction of sp³-hybridized carbons (Fsp3) is 0.308. The normalized spacial score (nSPS) is 13.3. The third-order valence-corrected chi connectivity index (χ3v) is 4.83. The molecule has 6 nitrogen and oxygen atoms in total. The van der Waals surface area contributed by atoms with E-state index in [4.69, 9.17) is 5.73 Å². The van der Waals surface area contributed by atoms with Gasteiger partial charge >= 0.3 is 0 Å². The van der Waals surface area contributed by atoms with E-state index < -0.39 is 15.9 Å². The fourth-order valence-electron chi connectivity index (χ4n) is 1.90. The van der Waals surface area contributed by atoms with Gasteiger partial charge in [0, 0.05) is 11.9 Å². The molecule has 0 aliphatic carbocycles. The average Bonchev–Trinajstić information content (AvgIpc) is 2.83. The first kappa shape index (κ1) is 14.5. The standard InChI is InChI=1S/C13H17N3O3S/c1-10-6-16(9-15-10)12(7-17)8-20(18,19)13-4-2-11(14)3-5-13/h2-6,9,12,17H,7-8,14H2,1H3. The van der Waals surface area contributed by atoms with Crippen LogP contribution in [0.4, 0.5) is 5.69 Å². The minimum Gasteiger partial charge on any atom is -0.399 e. The molecular formula is C13H17N3O3S. The predicted octanol–water partition coefficient (Wildman–Crippen LogP) is 0.781. The van der Waals surface area contributed by atoms with Crippen molar-refractivity contribution in [2.75, 3.05) is 18.1 Å². The molecule has 1 heterocycles. The second kappa shape index (κ2) is 5.64. The number of nitrogens with zero attached hydrogens (tertiary/aromatic N) is 2. The molecule has 0 aliphatic rings. The highest BCUT2D eigenvalue weighted by molar-refractivity contribution is 7.91. The monoisotopic (exact) mass is 295 g/mol. The van der Waals surface area contributed by atoms with Crippen LogP contribution in [0, 0.1) is 6.92 Å². The molecule has 2 aromatic rings. The van der Waals surface area contributed by atoms with Crippen molar-refractivity contribution >= 4 is 15.5 Å². The molecule has 1 unspecified atom stereocenters. The number of hydrogen-bond donors (Lipinski definition) is 2. The van der Waals surface area contributed by atoms with E-state index in [1.54, 1.807) is 29.8 Å². The topological polar surface area (TPSA) is 98.2 Å². The summed E-state index contributed by atoms with van der Waals surface area (Å²) in [5.74, 6) is -0.191. The zero-order valence-corrected chi connectivity index (χ0v) is 11.9. The van der Waals surface area contributed by atoms with Crippen LogP contribution < -0.4 is 5.73 Å². The van der Waals surface area contributed by atoms with Crippen molar-refractivity contribution in [3.8, 4) is 0 Å². The highest BCUT2D eigenvalue weighted by atomic mass is 32.2. The van der Waals surface area contributed by atoms with Crippen LogP contribution >= 0.6 is 0 Å². The van der Waals surface area contributed by atoms with Gasteiger partial charge in [-0.25, -0.2) is 13.4 Å². The molecule has 0 saturated heterocycles. The zero-order valence-electron chi connectivity index (χ0n) is 11.1. The molecule has 2 rings (SSSR count). The Hall–Kier alpha value is -1.86. The maximum absolute atomic E-state index is 12.3. The number of nitrogen functional groups attached to an aromatic ring is 1. The number of aromatic nitrogens is 2. The van der Waals surface area contributed by atoms with E-state index in [0.29, 0.717) is 5.69 Å². The molecule has 0 radical (unpaired) electrons. The summed E-state index contributed by atoms with van der Waals surface area (Å²) >= 11 is 0. The van der Waals surface area contributed by atoms with Crippen LogP contribution in [0.15, 0.2) is 41.7 Å². The van der Waals surface area contributed by atoms with Crippen molar-refractivity contribution in [3.05, 3.63) is 42.5 Å². The molecule has 0 amide bonds. The van der Waals surface area contributed by atoms with Gasteiger partial charge in [0.1, 0.15) is 0 Å². The molecule has 1 aromatic carbocycles. The molecular weight excluding hydrogens is 278 g/mol. The Balaban J connectivity index is 2.24. The number of nitrogens with two attached hydrogens (primary N) is 1. The van der Waals surface area contributed by atoms with E-state index in [1.165, 1.54) is 18.5 Å². The lowest BCUT2D eigenvalue weighted by Gasteiger charge is -2.16. The first-order chi connectivity index (χ1) is 9.42. The number of anilines is 1. The average molecular weight is 295 g/mol. The fourth-order valence-corrected chi connectivity index (χ4v) is 3.42. The van der Waals surface area contributed by atoms with Crippen LogP contribution in [0.25, 0.3) is 0 Å². The quantitative estimate of drug-likeness (QED) is 0.794. The van der Waals surface area contributed by atoms with Gasteiger partial charge in [-0.3, -0.25) is 0 Å². The van der Waals surface area contributed by atoms with Crippen molar-refractivity contribution in [2.24, 2.45) is 0 Å². The number of aliphatic hydroxyl groups excluding tert-OH is 1. The Morgan fingerprint density at radius 3 is 2.50 bits per heavy atom. The summed E-state index contributed by atoms with van der Waals surface area (Å²) in [5, 5.41) is 9.41. The van der Waals surface area contributed by atoms with Crippen LogP contribution in [0.1, 0.15) is 11.7 Å². The van der Waals surface area contributed by atoms with Crippen LogP contribution in [0.5, 0.6) is 0 Å². The number of aliphatic hydroxyl groups is 1. The molecule has 1 aromatic heterocycles. The van der Waals surface area contributed by atoms with Crippen molar-refractivity contribution in [2.45, 2.75) is 17.9 Å². The van der Waals surface area contributed by atoms with Crippen LogP contribution in [0.3, 0.4) is 0 Å². The molecule has 1 atom stereocenters. The molecule has 3 N–H and O–H groups in total. The molecule has 108 valence electrons. The summed E-state index contributed by atoms with van der Waals surface area (Å²) < 4.78 is 26.2. The second-order valence-electron chi connectivity index (χ2n) is 4.65. The van der Waals surface area contributed by atoms with E-state index in [0.717, 1.165) is 5.69 Å². The first-order valence-electron chi connectivity index (χ1n) is 6.11. The number of rotatable bonds is 5. The zero-order chi connectivity index (χ0) is 14.8. The molecule has 0 bridgehead atoms. The number of hydrogen-bond acceptors (Lipinski definition) is 5. The Labute approximate surface area is 117 Å². The summed E-state index contributed by atoms with van der Waals surface area (Å²) in [7, 11) is -3.49. The SMILES string of the molecule is Cc1cn(C(CO)CS(=O)(=O)c2ccc(N)cc2)cn1. The lowest BCUT2D eigenvalue weighted by atomic mass is 10.3. The lowest BCUT2D eigenvalue weighted by Crippen LogP contribution is -2.22. The predicted molar refractivity (Wildman–Crippen MR) is 76.0 cm³/mol. The molecule has 7 heteroatoms. The van der Waals surface area contributed by atoms with Crippen molar-refractivity contribution < 1.29 is 13.5 Å².